The summed E-state index contributed by atoms with van der Waals surface area (Å²) in [6.45, 7) is 5.43. The van der Waals surface area contributed by atoms with E-state index < -0.39 is 0 Å². The first-order valence-corrected chi connectivity index (χ1v) is 5.04. The molecule has 4 heteroatoms. The van der Waals surface area contributed by atoms with Gasteiger partial charge in [0.25, 0.3) is 0 Å². The summed E-state index contributed by atoms with van der Waals surface area (Å²) in [5.41, 5.74) is 5.32. The first kappa shape index (κ1) is 13.4. The Hall–Kier alpha value is -0.610. The van der Waals surface area contributed by atoms with Gasteiger partial charge in [-0.05, 0) is 40.9 Å². The second kappa shape index (κ2) is 5.98. The van der Waals surface area contributed by atoms with E-state index in [0.29, 0.717) is 19.5 Å². The second-order valence-corrected chi connectivity index (χ2v) is 4.38. The smallest absolute Gasteiger partial charge is 0.220 e. The summed E-state index contributed by atoms with van der Waals surface area (Å²) in [5, 5.41) is 2.90. The number of nitrogens with two attached hydrogens (primary N) is 1. The first-order chi connectivity index (χ1) is 6.40. The molecule has 0 atom stereocenters. The van der Waals surface area contributed by atoms with Crippen LogP contribution in [0.4, 0.5) is 0 Å². The number of rotatable bonds is 6. The third-order valence-corrected chi connectivity index (χ3v) is 2.54. The topological polar surface area (TPSA) is 58.4 Å². The van der Waals surface area contributed by atoms with Crippen molar-refractivity contribution in [3.63, 3.8) is 0 Å². The van der Waals surface area contributed by atoms with Gasteiger partial charge in [-0.15, -0.1) is 0 Å². The molecule has 0 radical (unpaired) electrons. The summed E-state index contributed by atoms with van der Waals surface area (Å²) in [6, 6.07) is 0. The van der Waals surface area contributed by atoms with Crippen LogP contribution in [-0.2, 0) is 4.79 Å². The molecule has 0 aromatic heterocycles. The second-order valence-electron chi connectivity index (χ2n) is 4.38. The Morgan fingerprint density at radius 3 is 2.43 bits per heavy atom. The lowest BCUT2D eigenvalue weighted by Crippen LogP contribution is -2.48. The maximum absolute atomic E-state index is 11.3. The fraction of sp³-hybridized carbons (Fsp3) is 0.900. The number of nitrogens with one attached hydrogen (secondary N) is 1. The minimum atomic E-state index is -0.00161. The third-order valence-electron chi connectivity index (χ3n) is 2.54. The Labute approximate surface area is 86.8 Å². The molecule has 0 bridgehead atoms. The molecule has 0 fully saturated rings. The van der Waals surface area contributed by atoms with E-state index in [0.717, 1.165) is 6.42 Å². The van der Waals surface area contributed by atoms with Gasteiger partial charge in [-0.25, -0.2) is 0 Å². The highest BCUT2D eigenvalue weighted by Crippen LogP contribution is 2.07. The van der Waals surface area contributed by atoms with Gasteiger partial charge >= 0.3 is 0 Å². The van der Waals surface area contributed by atoms with Gasteiger partial charge in [0.15, 0.2) is 0 Å². The number of hydrogen-bond donors (Lipinski definition) is 2. The predicted molar refractivity (Wildman–Crippen MR) is 59.1 cm³/mol. The number of carbonyl (C=O) groups is 1. The van der Waals surface area contributed by atoms with Gasteiger partial charge in [0.05, 0.1) is 0 Å². The molecule has 0 saturated heterocycles. The van der Waals surface area contributed by atoms with Crippen molar-refractivity contribution >= 4 is 5.91 Å². The number of carbonyl (C=O) groups excluding carboxylic acids is 1. The molecule has 0 aliphatic heterocycles. The fourth-order valence-electron chi connectivity index (χ4n) is 0.824. The molecular formula is C10H23N3O. The van der Waals surface area contributed by atoms with Gasteiger partial charge in [0, 0.05) is 18.5 Å². The third kappa shape index (κ3) is 5.19. The molecule has 0 unspecified atom stereocenters. The minimum Gasteiger partial charge on any atom is -0.354 e. The Morgan fingerprint density at radius 1 is 1.43 bits per heavy atom. The molecule has 4 nitrogen and oxygen atoms in total. The summed E-state index contributed by atoms with van der Waals surface area (Å²) in [7, 11) is 4.01. The highest BCUT2D eigenvalue weighted by atomic mass is 16.1. The normalized spacial score (nSPS) is 11.9. The molecule has 0 heterocycles. The zero-order valence-electron chi connectivity index (χ0n) is 9.76. The summed E-state index contributed by atoms with van der Waals surface area (Å²) in [5.74, 6) is 0.0883. The summed E-state index contributed by atoms with van der Waals surface area (Å²) >= 11 is 0. The van der Waals surface area contributed by atoms with Crippen molar-refractivity contribution in [3.8, 4) is 0 Å². The summed E-state index contributed by atoms with van der Waals surface area (Å²) in [6.07, 6.45) is 1.29. The largest absolute Gasteiger partial charge is 0.354 e. The lowest BCUT2D eigenvalue weighted by molar-refractivity contribution is -0.121. The number of amides is 1. The monoisotopic (exact) mass is 201 g/mol. The van der Waals surface area contributed by atoms with Gasteiger partial charge in [-0.1, -0.05) is 0 Å². The van der Waals surface area contributed by atoms with Crippen LogP contribution in [0.25, 0.3) is 0 Å². The average Bonchev–Trinajstić information content (AvgIpc) is 2.11. The van der Waals surface area contributed by atoms with Crippen LogP contribution >= 0.6 is 0 Å². The Bertz CT molecular complexity index is 178. The van der Waals surface area contributed by atoms with E-state index in [-0.39, 0.29) is 11.4 Å². The van der Waals surface area contributed by atoms with Crippen molar-refractivity contribution < 1.29 is 4.79 Å². The van der Waals surface area contributed by atoms with Crippen LogP contribution in [-0.4, -0.2) is 43.5 Å². The SMILES string of the molecule is CN(C)C(C)(C)CNC(=O)CCCN. The van der Waals surface area contributed by atoms with Crippen LogP contribution in [0.2, 0.25) is 0 Å². The van der Waals surface area contributed by atoms with E-state index in [4.69, 9.17) is 5.73 Å². The Balaban J connectivity index is 3.76. The zero-order chi connectivity index (χ0) is 11.2. The lowest BCUT2D eigenvalue weighted by Gasteiger charge is -2.32. The van der Waals surface area contributed by atoms with Crippen molar-refractivity contribution in [2.75, 3.05) is 27.2 Å². The highest BCUT2D eigenvalue weighted by Gasteiger charge is 2.20. The van der Waals surface area contributed by atoms with Crippen LogP contribution in [0.5, 0.6) is 0 Å². The van der Waals surface area contributed by atoms with Crippen LogP contribution in [0.15, 0.2) is 0 Å². The Morgan fingerprint density at radius 2 is 2.00 bits per heavy atom. The number of likely N-dealkylation sites (N-methyl/N-ethyl adjacent to an activating group) is 1. The Kier molecular flexibility index (Phi) is 5.72. The molecule has 3 N–H and O–H groups in total. The molecule has 0 saturated carbocycles. The van der Waals surface area contributed by atoms with Crippen LogP contribution in [0, 0.1) is 0 Å². The highest BCUT2D eigenvalue weighted by molar-refractivity contribution is 5.75. The van der Waals surface area contributed by atoms with Crippen LogP contribution in [0.1, 0.15) is 26.7 Å². The molecule has 0 aromatic rings. The van der Waals surface area contributed by atoms with Gasteiger partial charge in [0.2, 0.25) is 5.91 Å². The molecule has 0 aromatic carbocycles. The molecule has 14 heavy (non-hydrogen) atoms. The molecule has 0 aliphatic rings. The van der Waals surface area contributed by atoms with E-state index in [1.165, 1.54) is 0 Å². The molecule has 84 valence electrons. The van der Waals surface area contributed by atoms with Crippen molar-refractivity contribution in [2.24, 2.45) is 5.73 Å². The summed E-state index contributed by atoms with van der Waals surface area (Å²) in [4.78, 5) is 13.4. The average molecular weight is 201 g/mol. The maximum Gasteiger partial charge on any atom is 0.220 e. The van der Waals surface area contributed by atoms with Gasteiger partial charge in [-0.3, -0.25) is 4.79 Å². The first-order valence-electron chi connectivity index (χ1n) is 5.04. The predicted octanol–water partition coefficient (Wildman–Crippen LogP) is 0.182. The molecule has 0 spiro atoms. The molecular weight excluding hydrogens is 178 g/mol. The minimum absolute atomic E-state index is 0.00161. The molecule has 0 aliphatic carbocycles. The van der Waals surface area contributed by atoms with E-state index in [2.05, 4.69) is 24.1 Å². The van der Waals surface area contributed by atoms with E-state index >= 15 is 0 Å². The lowest BCUT2D eigenvalue weighted by atomic mass is 10.0. The van der Waals surface area contributed by atoms with Crippen LogP contribution < -0.4 is 11.1 Å². The van der Waals surface area contributed by atoms with Gasteiger partial charge in [-0.2, -0.15) is 0 Å². The van der Waals surface area contributed by atoms with Crippen molar-refractivity contribution in [1.29, 1.82) is 0 Å². The van der Waals surface area contributed by atoms with E-state index in [1.54, 1.807) is 0 Å². The quantitative estimate of drug-likeness (QED) is 0.644. The molecule has 0 rings (SSSR count). The standard InChI is InChI=1S/C10H23N3O/c1-10(2,13(3)4)8-12-9(14)6-5-7-11/h5-8,11H2,1-4H3,(H,12,14). The van der Waals surface area contributed by atoms with Crippen molar-refractivity contribution in [3.05, 3.63) is 0 Å². The van der Waals surface area contributed by atoms with Gasteiger partial charge < -0.3 is 16.0 Å². The zero-order valence-corrected chi connectivity index (χ0v) is 9.76. The van der Waals surface area contributed by atoms with E-state index in [9.17, 15) is 4.79 Å². The van der Waals surface area contributed by atoms with Crippen molar-refractivity contribution in [1.82, 2.24) is 10.2 Å². The number of nitrogens with zero attached hydrogens (tertiary/aromatic N) is 1. The number of hydrogen-bond acceptors (Lipinski definition) is 3. The van der Waals surface area contributed by atoms with Gasteiger partial charge in [0.1, 0.15) is 0 Å². The van der Waals surface area contributed by atoms with Crippen molar-refractivity contribution in [2.45, 2.75) is 32.2 Å². The maximum atomic E-state index is 11.3. The fourth-order valence-corrected chi connectivity index (χ4v) is 0.824. The molecule has 1 amide bonds. The van der Waals surface area contributed by atoms with Crippen LogP contribution in [0.3, 0.4) is 0 Å². The van der Waals surface area contributed by atoms with E-state index in [1.807, 2.05) is 14.1 Å². The summed E-state index contributed by atoms with van der Waals surface area (Å²) < 4.78 is 0.